The Hall–Kier alpha value is -2.28. The van der Waals surface area contributed by atoms with Gasteiger partial charge in [-0.2, -0.15) is 0 Å². The molecule has 2 N–H and O–H groups in total. The van der Waals surface area contributed by atoms with E-state index in [0.717, 1.165) is 23.7 Å². The highest BCUT2D eigenvalue weighted by molar-refractivity contribution is 7.99. The van der Waals surface area contributed by atoms with Crippen molar-refractivity contribution in [2.45, 2.75) is 44.8 Å². The Labute approximate surface area is 164 Å². The smallest absolute Gasteiger partial charge is 0.233 e. The number of likely N-dealkylation sites (tertiary alicyclic amines) is 1. The zero-order chi connectivity index (χ0) is 19.6. The van der Waals surface area contributed by atoms with E-state index in [4.69, 9.17) is 5.73 Å². The molecule has 2 atom stereocenters. The molecule has 0 bridgehead atoms. The molecular weight excluding hydrogens is 360 g/mol. The van der Waals surface area contributed by atoms with Gasteiger partial charge >= 0.3 is 0 Å². The number of aryl methyl sites for hydroxylation is 2. The summed E-state index contributed by atoms with van der Waals surface area (Å²) in [5.41, 5.74) is 8.85. The van der Waals surface area contributed by atoms with Gasteiger partial charge in [0, 0.05) is 30.7 Å². The number of nitrogens with zero attached hydrogens (tertiary/aromatic N) is 3. The maximum atomic E-state index is 12.7. The van der Waals surface area contributed by atoms with Crippen LogP contribution in [0.5, 0.6) is 0 Å². The molecule has 3 rings (SSSR count). The highest BCUT2D eigenvalue weighted by atomic mass is 32.2. The number of aromatic nitrogens is 2. The molecule has 2 unspecified atom stereocenters. The minimum absolute atomic E-state index is 0.0217. The lowest BCUT2D eigenvalue weighted by molar-refractivity contribution is -0.135. The standard InChI is InChI=1S/C20H26N4O2S/c1-13-8-14(2)10-17(9-13)23-7-6-22-20(23)27-12-18(25)24-11-16(19(21)26)5-4-15(24)3/h6-10,15-16H,4-5,11-12H2,1-3H3,(H2,21,26). The van der Waals surface area contributed by atoms with Gasteiger partial charge in [0.15, 0.2) is 5.16 Å². The van der Waals surface area contributed by atoms with Crippen LogP contribution in [0.25, 0.3) is 5.69 Å². The summed E-state index contributed by atoms with van der Waals surface area (Å²) in [6.45, 7) is 6.57. The molecule has 1 aromatic carbocycles. The predicted octanol–water partition coefficient (Wildman–Crippen LogP) is 2.69. The molecule has 0 radical (unpaired) electrons. The van der Waals surface area contributed by atoms with Crippen molar-refractivity contribution in [1.29, 1.82) is 0 Å². The summed E-state index contributed by atoms with van der Waals surface area (Å²) in [5, 5.41) is 0.782. The highest BCUT2D eigenvalue weighted by Gasteiger charge is 2.31. The van der Waals surface area contributed by atoms with Gasteiger partial charge in [0.05, 0.1) is 11.7 Å². The average molecular weight is 387 g/mol. The van der Waals surface area contributed by atoms with Gasteiger partial charge in [0.2, 0.25) is 11.8 Å². The van der Waals surface area contributed by atoms with Crippen molar-refractivity contribution in [1.82, 2.24) is 14.5 Å². The Morgan fingerprint density at radius 3 is 2.59 bits per heavy atom. The Balaban J connectivity index is 1.69. The number of carbonyl (C=O) groups excluding carboxylic acids is 2. The van der Waals surface area contributed by atoms with Crippen molar-refractivity contribution in [3.63, 3.8) is 0 Å². The Morgan fingerprint density at radius 2 is 1.93 bits per heavy atom. The molecule has 27 heavy (non-hydrogen) atoms. The van der Waals surface area contributed by atoms with E-state index in [-0.39, 0.29) is 29.5 Å². The zero-order valence-corrected chi connectivity index (χ0v) is 16.8. The van der Waals surface area contributed by atoms with Gasteiger partial charge in [-0.15, -0.1) is 0 Å². The second kappa shape index (κ2) is 8.17. The van der Waals surface area contributed by atoms with E-state index in [1.807, 2.05) is 17.7 Å². The maximum absolute atomic E-state index is 12.7. The molecule has 2 aromatic rings. The summed E-state index contributed by atoms with van der Waals surface area (Å²) in [6, 6.07) is 6.46. The third-order valence-electron chi connectivity index (χ3n) is 5.02. The molecular formula is C20H26N4O2S. The van der Waals surface area contributed by atoms with Gasteiger partial charge in [-0.3, -0.25) is 14.2 Å². The van der Waals surface area contributed by atoms with E-state index in [1.165, 1.54) is 22.9 Å². The number of hydrogen-bond donors (Lipinski definition) is 1. The number of carbonyl (C=O) groups is 2. The topological polar surface area (TPSA) is 81.2 Å². The fourth-order valence-corrected chi connectivity index (χ4v) is 4.44. The third-order valence-corrected chi connectivity index (χ3v) is 5.97. The van der Waals surface area contributed by atoms with Gasteiger partial charge < -0.3 is 10.6 Å². The molecule has 6 nitrogen and oxygen atoms in total. The lowest BCUT2D eigenvalue weighted by atomic mass is 9.93. The molecule has 2 heterocycles. The summed E-state index contributed by atoms with van der Waals surface area (Å²) in [5.74, 6) is -0.254. The number of rotatable bonds is 5. The van der Waals surface area contributed by atoms with Gasteiger partial charge in [-0.05, 0) is 56.9 Å². The monoisotopic (exact) mass is 386 g/mol. The first-order valence-electron chi connectivity index (χ1n) is 9.18. The number of benzene rings is 1. The predicted molar refractivity (Wildman–Crippen MR) is 107 cm³/mol. The molecule has 0 spiro atoms. The molecule has 1 fully saturated rings. The Kier molecular flexibility index (Phi) is 5.89. The van der Waals surface area contributed by atoms with E-state index in [9.17, 15) is 9.59 Å². The zero-order valence-electron chi connectivity index (χ0n) is 16.0. The SMILES string of the molecule is Cc1cc(C)cc(-n2ccnc2SCC(=O)N2CC(C(N)=O)CCC2C)c1. The third kappa shape index (κ3) is 4.53. The van der Waals surface area contributed by atoms with Crippen LogP contribution in [0, 0.1) is 19.8 Å². The summed E-state index contributed by atoms with van der Waals surface area (Å²) >= 11 is 1.42. The minimum Gasteiger partial charge on any atom is -0.369 e. The molecule has 2 amide bonds. The average Bonchev–Trinajstić information content (AvgIpc) is 3.07. The second-order valence-corrected chi connectivity index (χ2v) is 8.23. The van der Waals surface area contributed by atoms with E-state index < -0.39 is 0 Å². The quantitative estimate of drug-likeness (QED) is 0.801. The maximum Gasteiger partial charge on any atom is 0.233 e. The summed E-state index contributed by atoms with van der Waals surface area (Å²) < 4.78 is 2.00. The molecule has 144 valence electrons. The molecule has 1 aliphatic rings. The van der Waals surface area contributed by atoms with Crippen molar-refractivity contribution in [2.24, 2.45) is 11.7 Å². The first-order valence-corrected chi connectivity index (χ1v) is 10.2. The van der Waals surface area contributed by atoms with Crippen molar-refractivity contribution >= 4 is 23.6 Å². The largest absolute Gasteiger partial charge is 0.369 e. The molecule has 1 aliphatic heterocycles. The first kappa shape index (κ1) is 19.5. The van der Waals surface area contributed by atoms with Crippen molar-refractivity contribution in [3.8, 4) is 5.69 Å². The summed E-state index contributed by atoms with van der Waals surface area (Å²) in [7, 11) is 0. The van der Waals surface area contributed by atoms with E-state index in [1.54, 1.807) is 11.1 Å². The van der Waals surface area contributed by atoms with E-state index in [0.29, 0.717) is 6.54 Å². The molecule has 7 heteroatoms. The number of imidazole rings is 1. The van der Waals surface area contributed by atoms with Crippen LogP contribution in [0.1, 0.15) is 30.9 Å². The van der Waals surface area contributed by atoms with Gasteiger partial charge in [0.25, 0.3) is 0 Å². The number of piperidine rings is 1. The fourth-order valence-electron chi connectivity index (χ4n) is 3.58. The van der Waals surface area contributed by atoms with Crippen molar-refractivity contribution < 1.29 is 9.59 Å². The number of amides is 2. The lowest BCUT2D eigenvalue weighted by Crippen LogP contribution is -2.49. The number of primary amides is 1. The van der Waals surface area contributed by atoms with Crippen LogP contribution in [0.4, 0.5) is 0 Å². The first-order chi connectivity index (χ1) is 12.8. The molecule has 1 saturated heterocycles. The number of nitrogens with two attached hydrogens (primary N) is 1. The van der Waals surface area contributed by atoms with E-state index in [2.05, 4.69) is 37.0 Å². The van der Waals surface area contributed by atoms with Gasteiger partial charge in [-0.1, -0.05) is 17.8 Å². The van der Waals surface area contributed by atoms with Crippen LogP contribution in [0.15, 0.2) is 35.7 Å². The van der Waals surface area contributed by atoms with Crippen LogP contribution in [0.2, 0.25) is 0 Å². The summed E-state index contributed by atoms with van der Waals surface area (Å²) in [4.78, 5) is 30.4. The van der Waals surface area contributed by atoms with Crippen LogP contribution in [-0.4, -0.2) is 44.6 Å². The van der Waals surface area contributed by atoms with Gasteiger partial charge in [-0.25, -0.2) is 4.98 Å². The van der Waals surface area contributed by atoms with Crippen LogP contribution in [0.3, 0.4) is 0 Å². The highest BCUT2D eigenvalue weighted by Crippen LogP contribution is 2.25. The molecule has 0 saturated carbocycles. The van der Waals surface area contributed by atoms with E-state index >= 15 is 0 Å². The van der Waals surface area contributed by atoms with Crippen molar-refractivity contribution in [2.75, 3.05) is 12.3 Å². The Morgan fingerprint density at radius 1 is 1.22 bits per heavy atom. The normalized spacial score (nSPS) is 19.9. The second-order valence-electron chi connectivity index (χ2n) is 7.29. The molecule has 1 aromatic heterocycles. The van der Waals surface area contributed by atoms with Gasteiger partial charge in [0.1, 0.15) is 0 Å². The molecule has 0 aliphatic carbocycles. The number of thioether (sulfide) groups is 1. The minimum atomic E-state index is -0.322. The number of hydrogen-bond acceptors (Lipinski definition) is 4. The van der Waals surface area contributed by atoms with Crippen molar-refractivity contribution in [3.05, 3.63) is 41.7 Å². The van der Waals surface area contributed by atoms with Crippen LogP contribution >= 0.6 is 11.8 Å². The summed E-state index contributed by atoms with van der Waals surface area (Å²) in [6.07, 6.45) is 5.22. The fraction of sp³-hybridized carbons (Fsp3) is 0.450. The Bertz CT molecular complexity index is 828. The van der Waals surface area contributed by atoms with Crippen LogP contribution < -0.4 is 5.73 Å². The van der Waals surface area contributed by atoms with Crippen LogP contribution in [-0.2, 0) is 9.59 Å². The lowest BCUT2D eigenvalue weighted by Gasteiger charge is -2.36.